The number of sulfone groups is 1. The van der Waals surface area contributed by atoms with Crippen molar-refractivity contribution in [2.24, 2.45) is 0 Å². The van der Waals surface area contributed by atoms with E-state index in [1.807, 2.05) is 0 Å². The highest BCUT2D eigenvalue weighted by atomic mass is 32.2. The molecule has 0 atom stereocenters. The zero-order valence-corrected chi connectivity index (χ0v) is 10.2. The van der Waals surface area contributed by atoms with Gasteiger partial charge in [0.25, 0.3) is 0 Å². The van der Waals surface area contributed by atoms with Crippen LogP contribution < -0.4 is 0 Å². The summed E-state index contributed by atoms with van der Waals surface area (Å²) in [4.78, 5) is 10.6. The van der Waals surface area contributed by atoms with Gasteiger partial charge in [0.1, 0.15) is 6.29 Å². The van der Waals surface area contributed by atoms with E-state index in [1.54, 1.807) is 18.2 Å². The molecule has 0 saturated heterocycles. The first-order valence-electron chi connectivity index (χ1n) is 5.25. The third kappa shape index (κ3) is 3.41. The standard InChI is InChI=1S/C13H14O3S/c1-2-12(8-6-7-11-14)17(15,16)13-9-4-3-5-10-13/h3-5,9-11H,1,6-8H2. The molecule has 0 saturated carbocycles. The largest absolute Gasteiger partial charge is 0.303 e. The summed E-state index contributed by atoms with van der Waals surface area (Å²) >= 11 is 0. The summed E-state index contributed by atoms with van der Waals surface area (Å²) < 4.78 is 24.3. The Balaban J connectivity index is 2.97. The van der Waals surface area contributed by atoms with Gasteiger partial charge in [-0.25, -0.2) is 8.42 Å². The van der Waals surface area contributed by atoms with Crippen molar-refractivity contribution in [3.8, 4) is 0 Å². The molecule has 0 amide bonds. The van der Waals surface area contributed by atoms with Gasteiger partial charge in [0.2, 0.25) is 9.84 Å². The van der Waals surface area contributed by atoms with Crippen LogP contribution in [-0.4, -0.2) is 14.7 Å². The van der Waals surface area contributed by atoms with E-state index in [9.17, 15) is 13.2 Å². The minimum atomic E-state index is -3.50. The van der Waals surface area contributed by atoms with Crippen molar-refractivity contribution in [1.82, 2.24) is 0 Å². The van der Waals surface area contributed by atoms with Gasteiger partial charge in [-0.3, -0.25) is 0 Å². The van der Waals surface area contributed by atoms with Gasteiger partial charge < -0.3 is 4.79 Å². The van der Waals surface area contributed by atoms with Crippen molar-refractivity contribution < 1.29 is 13.2 Å². The molecule has 0 unspecified atom stereocenters. The molecule has 0 aliphatic carbocycles. The zero-order valence-electron chi connectivity index (χ0n) is 9.43. The molecule has 1 aromatic rings. The minimum Gasteiger partial charge on any atom is -0.303 e. The van der Waals surface area contributed by atoms with Gasteiger partial charge in [0, 0.05) is 6.42 Å². The smallest absolute Gasteiger partial charge is 0.209 e. The first-order chi connectivity index (χ1) is 8.12. The van der Waals surface area contributed by atoms with Crippen LogP contribution in [0.4, 0.5) is 0 Å². The third-order valence-electron chi connectivity index (χ3n) is 2.30. The number of carbonyl (C=O) groups excluding carboxylic acids is 1. The fourth-order valence-corrected chi connectivity index (χ4v) is 2.81. The lowest BCUT2D eigenvalue weighted by atomic mass is 10.2. The summed E-state index contributed by atoms with van der Waals surface area (Å²) in [7, 11) is -3.50. The van der Waals surface area contributed by atoms with Crippen molar-refractivity contribution in [3.05, 3.63) is 47.5 Å². The van der Waals surface area contributed by atoms with E-state index in [4.69, 9.17) is 0 Å². The molecule has 1 aromatic carbocycles. The Labute approximate surface area is 101 Å². The molecular weight excluding hydrogens is 236 g/mol. The number of aldehydes is 1. The van der Waals surface area contributed by atoms with Crippen LogP contribution in [0.1, 0.15) is 19.3 Å². The normalized spacial score (nSPS) is 10.6. The number of hydrogen-bond donors (Lipinski definition) is 0. The highest BCUT2D eigenvalue weighted by Crippen LogP contribution is 2.21. The SMILES string of the molecule is C=C=C(CCCC=O)S(=O)(=O)c1ccccc1. The molecule has 0 bridgehead atoms. The van der Waals surface area contributed by atoms with Gasteiger partial charge in [-0.05, 0) is 25.0 Å². The Hall–Kier alpha value is -1.64. The van der Waals surface area contributed by atoms with Gasteiger partial charge in [0.15, 0.2) is 0 Å². The second-order valence-electron chi connectivity index (χ2n) is 3.48. The fraction of sp³-hybridized carbons (Fsp3) is 0.231. The van der Waals surface area contributed by atoms with Crippen molar-refractivity contribution in [3.63, 3.8) is 0 Å². The molecule has 0 fully saturated rings. The molecule has 0 heterocycles. The van der Waals surface area contributed by atoms with E-state index in [0.29, 0.717) is 19.3 Å². The maximum absolute atomic E-state index is 12.1. The maximum Gasteiger partial charge on any atom is 0.209 e. The number of unbranched alkanes of at least 4 members (excludes halogenated alkanes) is 1. The number of hydrogen-bond acceptors (Lipinski definition) is 3. The number of carbonyl (C=O) groups is 1. The van der Waals surface area contributed by atoms with E-state index >= 15 is 0 Å². The van der Waals surface area contributed by atoms with Crippen molar-refractivity contribution in [1.29, 1.82) is 0 Å². The zero-order chi connectivity index (χ0) is 12.7. The van der Waals surface area contributed by atoms with Crippen molar-refractivity contribution in [2.45, 2.75) is 24.2 Å². The summed E-state index contributed by atoms with van der Waals surface area (Å²) in [6, 6.07) is 8.15. The highest BCUT2D eigenvalue weighted by molar-refractivity contribution is 7.95. The predicted molar refractivity (Wildman–Crippen MR) is 66.2 cm³/mol. The van der Waals surface area contributed by atoms with E-state index in [2.05, 4.69) is 12.3 Å². The molecule has 0 radical (unpaired) electrons. The predicted octanol–water partition coefficient (Wildman–Crippen LogP) is 2.50. The molecule has 0 aliphatic heterocycles. The maximum atomic E-state index is 12.1. The van der Waals surface area contributed by atoms with Crippen molar-refractivity contribution in [2.75, 3.05) is 0 Å². The van der Waals surface area contributed by atoms with E-state index in [-0.39, 0.29) is 9.80 Å². The van der Waals surface area contributed by atoms with Crippen LogP contribution in [0, 0.1) is 0 Å². The summed E-state index contributed by atoms with van der Waals surface area (Å²) in [6.07, 6.45) is 1.90. The minimum absolute atomic E-state index is 0.144. The first kappa shape index (κ1) is 13.4. The summed E-state index contributed by atoms with van der Waals surface area (Å²) in [5.74, 6) is 0. The molecule has 0 spiro atoms. The van der Waals surface area contributed by atoms with Crippen LogP contribution in [0.5, 0.6) is 0 Å². The van der Waals surface area contributed by atoms with E-state index in [1.165, 1.54) is 12.1 Å². The van der Waals surface area contributed by atoms with Gasteiger partial charge in [-0.1, -0.05) is 24.8 Å². The third-order valence-corrected chi connectivity index (χ3v) is 4.19. The van der Waals surface area contributed by atoms with Gasteiger partial charge >= 0.3 is 0 Å². The van der Waals surface area contributed by atoms with Gasteiger partial charge in [-0.15, -0.1) is 5.73 Å². The molecule has 1 rings (SSSR count). The first-order valence-corrected chi connectivity index (χ1v) is 6.74. The quantitative estimate of drug-likeness (QED) is 0.443. The lowest BCUT2D eigenvalue weighted by Crippen LogP contribution is -2.04. The number of benzene rings is 1. The Morgan fingerprint density at radius 3 is 2.47 bits per heavy atom. The Morgan fingerprint density at radius 2 is 1.94 bits per heavy atom. The number of allylic oxidation sites excluding steroid dienone is 1. The molecule has 0 aliphatic rings. The van der Waals surface area contributed by atoms with E-state index in [0.717, 1.165) is 6.29 Å². The molecule has 17 heavy (non-hydrogen) atoms. The molecule has 3 nitrogen and oxygen atoms in total. The van der Waals surface area contributed by atoms with Crippen LogP contribution in [0.15, 0.2) is 52.4 Å². The average molecular weight is 250 g/mol. The highest BCUT2D eigenvalue weighted by Gasteiger charge is 2.19. The monoisotopic (exact) mass is 250 g/mol. The van der Waals surface area contributed by atoms with Crippen molar-refractivity contribution >= 4 is 16.1 Å². The summed E-state index contributed by atoms with van der Waals surface area (Å²) in [5.41, 5.74) is 2.46. The van der Waals surface area contributed by atoms with E-state index < -0.39 is 9.84 Å². The Morgan fingerprint density at radius 1 is 1.29 bits per heavy atom. The summed E-state index contributed by atoms with van der Waals surface area (Å²) in [5, 5.41) is 0. The fourth-order valence-electron chi connectivity index (χ4n) is 1.41. The topological polar surface area (TPSA) is 51.2 Å². The Bertz CT molecular complexity index is 523. The Kier molecular flexibility index (Phi) is 4.88. The second-order valence-corrected chi connectivity index (χ2v) is 5.45. The summed E-state index contributed by atoms with van der Waals surface area (Å²) in [6.45, 7) is 3.40. The van der Waals surface area contributed by atoms with Crippen LogP contribution in [-0.2, 0) is 14.6 Å². The van der Waals surface area contributed by atoms with Crippen LogP contribution in [0.2, 0.25) is 0 Å². The average Bonchev–Trinajstić information content (AvgIpc) is 2.35. The number of rotatable bonds is 6. The van der Waals surface area contributed by atoms with Gasteiger partial charge in [-0.2, -0.15) is 0 Å². The van der Waals surface area contributed by atoms with Crippen LogP contribution >= 0.6 is 0 Å². The lowest BCUT2D eigenvalue weighted by Gasteiger charge is -2.05. The van der Waals surface area contributed by atoms with Gasteiger partial charge in [0.05, 0.1) is 9.80 Å². The molecule has 0 N–H and O–H groups in total. The molecule has 90 valence electrons. The lowest BCUT2D eigenvalue weighted by molar-refractivity contribution is -0.107. The van der Waals surface area contributed by atoms with Crippen LogP contribution in [0.25, 0.3) is 0 Å². The van der Waals surface area contributed by atoms with Crippen LogP contribution in [0.3, 0.4) is 0 Å². The molecule has 4 heteroatoms. The molecular formula is C13H14O3S. The molecule has 0 aromatic heterocycles. The second kappa shape index (κ2) is 6.18.